The van der Waals surface area contributed by atoms with Gasteiger partial charge in [0.05, 0.1) is 12.7 Å². The Morgan fingerprint density at radius 3 is 2.85 bits per heavy atom. The van der Waals surface area contributed by atoms with Crippen LogP contribution >= 0.6 is 0 Å². The molecule has 1 aromatic carbocycles. The Balaban J connectivity index is 2.06. The number of rotatable bonds is 5. The molecule has 2 unspecified atom stereocenters. The van der Waals surface area contributed by atoms with Gasteiger partial charge in [-0.15, -0.1) is 0 Å². The normalized spacial score (nSPS) is 23.8. The predicted molar refractivity (Wildman–Crippen MR) is 79.2 cm³/mol. The van der Waals surface area contributed by atoms with E-state index >= 15 is 0 Å². The van der Waals surface area contributed by atoms with Crippen LogP contribution in [0.5, 0.6) is 11.5 Å². The molecule has 2 atom stereocenters. The number of hydrogen-bond acceptors (Lipinski definition) is 4. The Morgan fingerprint density at radius 2 is 2.15 bits per heavy atom. The van der Waals surface area contributed by atoms with Crippen LogP contribution in [0, 0.1) is 5.92 Å². The van der Waals surface area contributed by atoms with E-state index in [0.717, 1.165) is 38.0 Å². The summed E-state index contributed by atoms with van der Waals surface area (Å²) in [5.74, 6) is 0.959. The van der Waals surface area contributed by atoms with Gasteiger partial charge in [0.1, 0.15) is 0 Å². The fourth-order valence-electron chi connectivity index (χ4n) is 2.84. The van der Waals surface area contributed by atoms with E-state index < -0.39 is 0 Å². The van der Waals surface area contributed by atoms with E-state index in [9.17, 15) is 10.2 Å². The zero-order valence-corrected chi connectivity index (χ0v) is 12.4. The third-order valence-electron chi connectivity index (χ3n) is 4.05. The van der Waals surface area contributed by atoms with Crippen LogP contribution in [-0.4, -0.2) is 47.5 Å². The standard InChI is InChI=1S/C16H25NO3/c1-3-17-8-7-14(18)13(11-17)9-12-5-6-15(19)16(10-12)20-4-2/h5-6,10,13-14,18-19H,3-4,7-9,11H2,1-2H3. The van der Waals surface area contributed by atoms with E-state index in [0.29, 0.717) is 12.4 Å². The minimum atomic E-state index is -0.234. The maximum absolute atomic E-state index is 10.2. The number of piperidine rings is 1. The largest absolute Gasteiger partial charge is 0.504 e. The Bertz CT molecular complexity index is 436. The maximum atomic E-state index is 10.2. The third kappa shape index (κ3) is 3.64. The van der Waals surface area contributed by atoms with E-state index in [4.69, 9.17) is 4.74 Å². The molecule has 0 aromatic heterocycles. The molecule has 4 heteroatoms. The number of phenolic OH excluding ortho intramolecular Hbond substituents is 1. The highest BCUT2D eigenvalue weighted by Crippen LogP contribution is 2.29. The van der Waals surface area contributed by atoms with Gasteiger partial charge in [0.15, 0.2) is 11.5 Å². The van der Waals surface area contributed by atoms with Crippen molar-refractivity contribution in [1.82, 2.24) is 4.90 Å². The molecule has 20 heavy (non-hydrogen) atoms. The molecule has 112 valence electrons. The first kappa shape index (κ1) is 15.1. The van der Waals surface area contributed by atoms with E-state index in [2.05, 4.69) is 11.8 Å². The van der Waals surface area contributed by atoms with Gasteiger partial charge in [0.2, 0.25) is 0 Å². The second-order valence-corrected chi connectivity index (χ2v) is 5.45. The molecule has 1 heterocycles. The van der Waals surface area contributed by atoms with Crippen LogP contribution in [0.3, 0.4) is 0 Å². The van der Waals surface area contributed by atoms with Gasteiger partial charge in [-0.05, 0) is 44.0 Å². The monoisotopic (exact) mass is 279 g/mol. The zero-order valence-electron chi connectivity index (χ0n) is 12.4. The smallest absolute Gasteiger partial charge is 0.161 e. The first-order chi connectivity index (χ1) is 9.63. The molecule has 0 spiro atoms. The lowest BCUT2D eigenvalue weighted by Gasteiger charge is -2.35. The minimum Gasteiger partial charge on any atom is -0.504 e. The molecule has 0 saturated carbocycles. The molecule has 1 fully saturated rings. The molecular formula is C16H25NO3. The van der Waals surface area contributed by atoms with E-state index in [-0.39, 0.29) is 17.8 Å². The molecule has 0 aliphatic carbocycles. The Labute approximate surface area is 121 Å². The summed E-state index contributed by atoms with van der Waals surface area (Å²) in [6, 6.07) is 5.47. The number of aliphatic hydroxyl groups excluding tert-OH is 1. The van der Waals surface area contributed by atoms with Gasteiger partial charge in [-0.2, -0.15) is 0 Å². The van der Waals surface area contributed by atoms with Crippen LogP contribution in [0.25, 0.3) is 0 Å². The number of nitrogens with zero attached hydrogens (tertiary/aromatic N) is 1. The van der Waals surface area contributed by atoms with Crippen LogP contribution < -0.4 is 4.74 Å². The fourth-order valence-corrected chi connectivity index (χ4v) is 2.84. The highest BCUT2D eigenvalue weighted by molar-refractivity contribution is 5.42. The van der Waals surface area contributed by atoms with Gasteiger partial charge in [-0.1, -0.05) is 13.0 Å². The van der Waals surface area contributed by atoms with Crippen molar-refractivity contribution in [2.75, 3.05) is 26.2 Å². The van der Waals surface area contributed by atoms with Gasteiger partial charge in [-0.3, -0.25) is 0 Å². The molecule has 2 rings (SSSR count). The summed E-state index contributed by atoms with van der Waals surface area (Å²) in [6.07, 6.45) is 1.43. The number of benzene rings is 1. The number of aliphatic hydroxyl groups is 1. The fraction of sp³-hybridized carbons (Fsp3) is 0.625. The Kier molecular flexibility index (Phi) is 5.26. The number of aromatic hydroxyl groups is 1. The van der Waals surface area contributed by atoms with Gasteiger partial charge in [0.25, 0.3) is 0 Å². The van der Waals surface area contributed by atoms with Crippen molar-refractivity contribution < 1.29 is 14.9 Å². The summed E-state index contributed by atoms with van der Waals surface area (Å²) >= 11 is 0. The quantitative estimate of drug-likeness (QED) is 0.866. The average molecular weight is 279 g/mol. The molecule has 1 saturated heterocycles. The van der Waals surface area contributed by atoms with Crippen LogP contribution in [-0.2, 0) is 6.42 Å². The first-order valence-electron chi connectivity index (χ1n) is 7.49. The number of phenols is 1. The Morgan fingerprint density at radius 1 is 1.35 bits per heavy atom. The summed E-state index contributed by atoms with van der Waals surface area (Å²) in [6.45, 7) is 7.53. The van der Waals surface area contributed by atoms with Crippen molar-refractivity contribution in [3.63, 3.8) is 0 Å². The van der Waals surface area contributed by atoms with Crippen molar-refractivity contribution in [3.8, 4) is 11.5 Å². The average Bonchev–Trinajstić information content (AvgIpc) is 2.45. The molecular weight excluding hydrogens is 254 g/mol. The molecule has 1 aliphatic heterocycles. The molecule has 2 N–H and O–H groups in total. The maximum Gasteiger partial charge on any atom is 0.161 e. The van der Waals surface area contributed by atoms with Crippen LogP contribution in [0.2, 0.25) is 0 Å². The summed E-state index contributed by atoms with van der Waals surface area (Å²) in [5, 5.41) is 19.9. The molecule has 1 aromatic rings. The summed E-state index contributed by atoms with van der Waals surface area (Å²) in [7, 11) is 0. The van der Waals surface area contributed by atoms with E-state index in [1.807, 2.05) is 19.1 Å². The SMILES string of the molecule is CCOc1cc(CC2CN(CC)CCC2O)ccc1O. The van der Waals surface area contributed by atoms with Crippen molar-refractivity contribution in [1.29, 1.82) is 0 Å². The molecule has 0 bridgehead atoms. The van der Waals surface area contributed by atoms with Crippen molar-refractivity contribution in [2.24, 2.45) is 5.92 Å². The van der Waals surface area contributed by atoms with Gasteiger partial charge < -0.3 is 19.8 Å². The van der Waals surface area contributed by atoms with Gasteiger partial charge >= 0.3 is 0 Å². The highest BCUT2D eigenvalue weighted by atomic mass is 16.5. The predicted octanol–water partition coefficient (Wildman–Crippen LogP) is 2.04. The van der Waals surface area contributed by atoms with Gasteiger partial charge in [-0.25, -0.2) is 0 Å². The topological polar surface area (TPSA) is 52.9 Å². The first-order valence-corrected chi connectivity index (χ1v) is 7.49. The Hall–Kier alpha value is -1.26. The number of likely N-dealkylation sites (tertiary alicyclic amines) is 1. The minimum absolute atomic E-state index is 0.176. The second kappa shape index (κ2) is 6.95. The van der Waals surface area contributed by atoms with Crippen LogP contribution in [0.4, 0.5) is 0 Å². The van der Waals surface area contributed by atoms with Gasteiger partial charge in [0, 0.05) is 19.0 Å². The lowest BCUT2D eigenvalue weighted by atomic mass is 9.88. The third-order valence-corrected chi connectivity index (χ3v) is 4.05. The highest BCUT2D eigenvalue weighted by Gasteiger charge is 2.27. The number of ether oxygens (including phenoxy) is 1. The van der Waals surface area contributed by atoms with Crippen LogP contribution in [0.15, 0.2) is 18.2 Å². The van der Waals surface area contributed by atoms with Crippen molar-refractivity contribution >= 4 is 0 Å². The second-order valence-electron chi connectivity index (χ2n) is 5.45. The van der Waals surface area contributed by atoms with Crippen molar-refractivity contribution in [2.45, 2.75) is 32.8 Å². The summed E-state index contributed by atoms with van der Waals surface area (Å²) in [5.41, 5.74) is 1.10. The lowest BCUT2D eigenvalue weighted by Crippen LogP contribution is -2.43. The van der Waals surface area contributed by atoms with E-state index in [1.165, 1.54) is 0 Å². The van der Waals surface area contributed by atoms with Crippen LogP contribution in [0.1, 0.15) is 25.8 Å². The van der Waals surface area contributed by atoms with E-state index in [1.54, 1.807) is 6.07 Å². The molecule has 4 nitrogen and oxygen atoms in total. The van der Waals surface area contributed by atoms with Crippen molar-refractivity contribution in [3.05, 3.63) is 23.8 Å². The number of hydrogen-bond donors (Lipinski definition) is 2. The molecule has 0 amide bonds. The molecule has 0 radical (unpaired) electrons. The summed E-state index contributed by atoms with van der Waals surface area (Å²) in [4.78, 5) is 2.38. The lowest BCUT2D eigenvalue weighted by molar-refractivity contribution is 0.0290. The molecule has 1 aliphatic rings. The zero-order chi connectivity index (χ0) is 14.5. The summed E-state index contributed by atoms with van der Waals surface area (Å²) < 4.78 is 5.41.